The summed E-state index contributed by atoms with van der Waals surface area (Å²) in [4.78, 5) is 2.22. The van der Waals surface area contributed by atoms with Crippen molar-refractivity contribution in [3.63, 3.8) is 0 Å². The zero-order valence-electron chi connectivity index (χ0n) is 5.89. The molecule has 0 aromatic rings. The largest absolute Gasteiger partial charge is 0.298 e. The molecule has 1 saturated heterocycles. The molecule has 0 aromatic carbocycles. The van der Waals surface area contributed by atoms with Gasteiger partial charge in [-0.1, -0.05) is 0 Å². The minimum Gasteiger partial charge on any atom is -0.298 e. The molecular weight excluding hydrogens is 119 g/mol. The van der Waals surface area contributed by atoms with Gasteiger partial charge >= 0.3 is 0 Å². The molecule has 9 heavy (non-hydrogen) atoms. The normalized spacial score (nSPS) is 22.7. The number of nitrogens with zero attached hydrogens (tertiary/aromatic N) is 1. The third-order valence-corrected chi connectivity index (χ3v) is 1.79. The molecule has 1 aliphatic heterocycles. The second-order valence-electron chi connectivity index (χ2n) is 2.85. The van der Waals surface area contributed by atoms with Crippen LogP contribution in [0.2, 0.25) is 0 Å². The Bertz CT molecular complexity index is 89.1. The Morgan fingerprint density at radius 3 is 2.44 bits per heavy atom. The Labute approximate surface area is 55.0 Å². The summed E-state index contributed by atoms with van der Waals surface area (Å²) in [7, 11) is 0. The van der Waals surface area contributed by atoms with E-state index in [9.17, 15) is 4.48 Å². The average molecular weight is 132 g/mol. The van der Waals surface area contributed by atoms with Crippen molar-refractivity contribution < 1.29 is 4.48 Å². The van der Waals surface area contributed by atoms with Gasteiger partial charge in [-0.15, -0.1) is 4.48 Å². The van der Waals surface area contributed by atoms with Crippen molar-refractivity contribution in [2.24, 2.45) is 0 Å². The van der Waals surface area contributed by atoms with E-state index in [1.54, 1.807) is 5.54 Å². The molecule has 1 rings (SSSR count). The van der Waals surface area contributed by atoms with E-state index < -0.39 is 0 Å². The fraction of sp³-hybridized carbons (Fsp3) is 1.00. The Morgan fingerprint density at radius 2 is 2.11 bits per heavy atom. The van der Waals surface area contributed by atoms with Crippen molar-refractivity contribution in [1.82, 2.24) is 10.4 Å². The average Bonchev–Trinajstić information content (AvgIpc) is 1.61. The summed E-state index contributed by atoms with van der Waals surface area (Å²) in [5, 5.41) is 0. The van der Waals surface area contributed by atoms with Crippen LogP contribution in [-0.2, 0) is 0 Å². The first-order valence-electron chi connectivity index (χ1n) is 3.34. The van der Waals surface area contributed by atoms with E-state index in [2.05, 4.69) is 18.7 Å². The molecule has 1 heterocycles. The third-order valence-electron chi connectivity index (χ3n) is 1.79. The van der Waals surface area contributed by atoms with Gasteiger partial charge in [0.25, 0.3) is 0 Å². The molecule has 0 bridgehead atoms. The lowest BCUT2D eigenvalue weighted by molar-refractivity contribution is 0.0548. The van der Waals surface area contributed by atoms with E-state index in [0.29, 0.717) is 6.04 Å². The fourth-order valence-electron chi connectivity index (χ4n) is 1.00. The molecule has 0 radical (unpaired) electrons. The Kier molecular flexibility index (Phi) is 2.03. The number of hydrogen-bond acceptors (Lipinski definition) is 2. The Hall–Kier alpha value is -0.150. The van der Waals surface area contributed by atoms with Crippen molar-refractivity contribution in [2.75, 3.05) is 13.1 Å². The van der Waals surface area contributed by atoms with E-state index in [0.717, 1.165) is 13.1 Å². The molecule has 0 saturated carbocycles. The summed E-state index contributed by atoms with van der Waals surface area (Å²) in [6, 6.07) is 0.655. The van der Waals surface area contributed by atoms with Crippen molar-refractivity contribution in [3.8, 4) is 0 Å². The van der Waals surface area contributed by atoms with Gasteiger partial charge in [0.1, 0.15) is 0 Å². The Morgan fingerprint density at radius 1 is 1.56 bits per heavy atom. The van der Waals surface area contributed by atoms with E-state index in [1.807, 2.05) is 0 Å². The highest BCUT2D eigenvalue weighted by molar-refractivity contribution is 4.84. The highest BCUT2D eigenvalue weighted by Crippen LogP contribution is 2.10. The number of halogens is 1. The lowest BCUT2D eigenvalue weighted by Crippen LogP contribution is -2.58. The fourth-order valence-corrected chi connectivity index (χ4v) is 1.00. The molecule has 0 amide bonds. The van der Waals surface area contributed by atoms with Crippen LogP contribution in [0.25, 0.3) is 0 Å². The highest BCUT2D eigenvalue weighted by atomic mass is 19.2. The van der Waals surface area contributed by atoms with Gasteiger partial charge in [0.15, 0.2) is 0 Å². The van der Waals surface area contributed by atoms with Gasteiger partial charge in [-0.05, 0) is 13.8 Å². The Balaban J connectivity index is 2.12. The van der Waals surface area contributed by atoms with Gasteiger partial charge in [-0.2, -0.15) is 5.54 Å². The topological polar surface area (TPSA) is 15.3 Å². The van der Waals surface area contributed by atoms with Gasteiger partial charge < -0.3 is 0 Å². The van der Waals surface area contributed by atoms with E-state index >= 15 is 0 Å². The van der Waals surface area contributed by atoms with Gasteiger partial charge in [0.2, 0.25) is 0 Å². The van der Waals surface area contributed by atoms with Crippen LogP contribution in [0.4, 0.5) is 4.48 Å². The summed E-state index contributed by atoms with van der Waals surface area (Å²) in [5.41, 5.74) is 1.74. The minimum atomic E-state index is 0.0902. The van der Waals surface area contributed by atoms with E-state index in [-0.39, 0.29) is 6.04 Å². The molecule has 3 heteroatoms. The first-order valence-corrected chi connectivity index (χ1v) is 3.34. The molecule has 0 spiro atoms. The smallest absolute Gasteiger partial charge is 0.0626 e. The van der Waals surface area contributed by atoms with Gasteiger partial charge in [-0.3, -0.25) is 4.90 Å². The molecular formula is C6H13FN2. The van der Waals surface area contributed by atoms with Crippen LogP contribution < -0.4 is 5.54 Å². The predicted octanol–water partition coefficient (Wildman–Crippen LogP) is 0.553. The van der Waals surface area contributed by atoms with Crippen molar-refractivity contribution >= 4 is 0 Å². The first-order chi connectivity index (χ1) is 4.24. The summed E-state index contributed by atoms with van der Waals surface area (Å²) < 4.78 is 11.6. The van der Waals surface area contributed by atoms with Gasteiger partial charge in [0.05, 0.1) is 6.04 Å². The second-order valence-corrected chi connectivity index (χ2v) is 2.85. The molecule has 1 fully saturated rings. The minimum absolute atomic E-state index is 0.0902. The zero-order valence-corrected chi connectivity index (χ0v) is 5.89. The summed E-state index contributed by atoms with van der Waals surface area (Å²) in [6.07, 6.45) is 0. The molecule has 54 valence electrons. The van der Waals surface area contributed by atoms with Crippen LogP contribution in [0.1, 0.15) is 13.8 Å². The molecule has 0 aliphatic carbocycles. The maximum Gasteiger partial charge on any atom is 0.0626 e. The van der Waals surface area contributed by atoms with Gasteiger partial charge in [-0.25, -0.2) is 0 Å². The predicted molar refractivity (Wildman–Crippen MR) is 34.7 cm³/mol. The van der Waals surface area contributed by atoms with Gasteiger partial charge in [0, 0.05) is 19.1 Å². The third kappa shape index (κ3) is 1.40. The number of rotatable bonds is 2. The second kappa shape index (κ2) is 2.62. The molecule has 0 unspecified atom stereocenters. The first kappa shape index (κ1) is 6.96. The van der Waals surface area contributed by atoms with Crippen molar-refractivity contribution in [1.29, 1.82) is 0 Å². The van der Waals surface area contributed by atoms with E-state index in [1.165, 1.54) is 0 Å². The lowest BCUT2D eigenvalue weighted by atomic mass is 10.1. The lowest BCUT2D eigenvalue weighted by Gasteiger charge is -2.40. The molecule has 0 atom stereocenters. The molecule has 2 nitrogen and oxygen atoms in total. The maximum atomic E-state index is 11.6. The maximum absolute atomic E-state index is 11.6. The van der Waals surface area contributed by atoms with Crippen LogP contribution in [0.15, 0.2) is 0 Å². The summed E-state index contributed by atoms with van der Waals surface area (Å²) in [6.45, 7) is 5.95. The van der Waals surface area contributed by atoms with Crippen LogP contribution >= 0.6 is 0 Å². The number of hydrogen-bond donors (Lipinski definition) is 1. The molecule has 1 aliphatic rings. The number of likely N-dealkylation sites (tertiary alicyclic amines) is 1. The van der Waals surface area contributed by atoms with E-state index in [4.69, 9.17) is 0 Å². The quantitative estimate of drug-likeness (QED) is 0.552. The monoisotopic (exact) mass is 132 g/mol. The van der Waals surface area contributed by atoms with Crippen molar-refractivity contribution in [2.45, 2.75) is 25.9 Å². The summed E-state index contributed by atoms with van der Waals surface area (Å²) in [5.74, 6) is 0. The summed E-state index contributed by atoms with van der Waals surface area (Å²) >= 11 is 0. The molecule has 1 N–H and O–H groups in total. The highest BCUT2D eigenvalue weighted by Gasteiger charge is 2.27. The van der Waals surface area contributed by atoms with Crippen LogP contribution in [0.3, 0.4) is 0 Å². The zero-order chi connectivity index (χ0) is 6.85. The van der Waals surface area contributed by atoms with Crippen LogP contribution in [-0.4, -0.2) is 30.1 Å². The van der Waals surface area contributed by atoms with Crippen LogP contribution in [0.5, 0.6) is 0 Å². The number of nitrogens with one attached hydrogen (secondary N) is 1. The molecule has 0 aromatic heterocycles. The van der Waals surface area contributed by atoms with Crippen LogP contribution in [0, 0.1) is 0 Å². The van der Waals surface area contributed by atoms with Crippen molar-refractivity contribution in [3.05, 3.63) is 0 Å². The SMILES string of the molecule is CC(C)N1CC(NF)C1. The standard InChI is InChI=1S/C6H13FN2/c1-5(2)9-3-6(4-9)8-7/h5-6,8H,3-4H2,1-2H3.